The highest BCUT2D eigenvalue weighted by Gasteiger charge is 2.09. The van der Waals surface area contributed by atoms with Crippen LogP contribution in [-0.4, -0.2) is 15.9 Å². The quantitative estimate of drug-likeness (QED) is 0.607. The van der Waals surface area contributed by atoms with Crippen LogP contribution < -0.4 is 5.32 Å². The molecule has 0 aliphatic carbocycles. The fourth-order valence-electron chi connectivity index (χ4n) is 2.51. The molecule has 0 unspecified atom stereocenters. The number of rotatable bonds is 4. The minimum Gasteiger partial charge on any atom is -0.348 e. The topological polar surface area (TPSA) is 54.9 Å². The normalized spacial score (nSPS) is 10.7. The fraction of sp³-hybridized carbons (Fsp3) is 0.0500. The molecular formula is C20H14N3OS. The number of aromatic nitrogens is 2. The first-order valence-corrected chi connectivity index (χ1v) is 8.73. The van der Waals surface area contributed by atoms with Gasteiger partial charge in [0.1, 0.15) is 11.9 Å². The third kappa shape index (κ3) is 3.41. The number of amides is 1. The van der Waals surface area contributed by atoms with Crippen LogP contribution in [-0.2, 0) is 6.54 Å². The lowest BCUT2D eigenvalue weighted by molar-refractivity contribution is 0.0951. The molecule has 0 spiro atoms. The van der Waals surface area contributed by atoms with Crippen molar-refractivity contribution >= 4 is 28.3 Å². The van der Waals surface area contributed by atoms with E-state index in [9.17, 15) is 4.79 Å². The average Bonchev–Trinajstić information content (AvgIpc) is 3.21. The van der Waals surface area contributed by atoms with Crippen molar-refractivity contribution in [3.05, 3.63) is 83.4 Å². The van der Waals surface area contributed by atoms with Crippen LogP contribution in [0.5, 0.6) is 0 Å². The Bertz CT molecular complexity index is 1010. The molecule has 1 N–H and O–H groups in total. The zero-order valence-corrected chi connectivity index (χ0v) is 14.1. The predicted molar refractivity (Wildman–Crippen MR) is 99.3 cm³/mol. The van der Waals surface area contributed by atoms with Crippen LogP contribution in [0.25, 0.3) is 21.6 Å². The number of hydrogen-bond donors (Lipinski definition) is 1. The molecule has 0 bridgehead atoms. The fourth-order valence-corrected chi connectivity index (χ4v) is 3.17. The lowest BCUT2D eigenvalue weighted by Crippen LogP contribution is -2.22. The van der Waals surface area contributed by atoms with Crippen molar-refractivity contribution in [2.45, 2.75) is 6.54 Å². The average molecular weight is 344 g/mol. The minimum atomic E-state index is -0.127. The number of nitrogens with zero attached hydrogens (tertiary/aromatic N) is 2. The maximum Gasteiger partial charge on any atom is 0.251 e. The Balaban J connectivity index is 1.58. The standard InChI is InChI=1S/C20H14N3OS/c24-20(22-12-14-5-2-1-3-6-14)15-8-9-16-17(11-15)23-18(13-21-16)19-7-4-10-25-19/h1-11H,12H2,(H,22,24). The molecule has 5 heteroatoms. The third-order valence-corrected chi connectivity index (χ3v) is 4.68. The summed E-state index contributed by atoms with van der Waals surface area (Å²) in [6, 6.07) is 19.1. The van der Waals surface area contributed by atoms with Crippen molar-refractivity contribution in [2.75, 3.05) is 0 Å². The Morgan fingerprint density at radius 3 is 2.72 bits per heavy atom. The molecule has 0 saturated heterocycles. The van der Waals surface area contributed by atoms with E-state index in [4.69, 9.17) is 0 Å². The molecule has 25 heavy (non-hydrogen) atoms. The summed E-state index contributed by atoms with van der Waals surface area (Å²) >= 11 is 1.59. The first kappa shape index (κ1) is 15.5. The van der Waals surface area contributed by atoms with Gasteiger partial charge < -0.3 is 5.32 Å². The molecule has 2 aromatic heterocycles. The van der Waals surface area contributed by atoms with E-state index in [1.807, 2.05) is 47.8 Å². The first-order valence-electron chi connectivity index (χ1n) is 7.85. The van der Waals surface area contributed by atoms with E-state index >= 15 is 0 Å². The van der Waals surface area contributed by atoms with E-state index in [1.165, 1.54) is 0 Å². The Morgan fingerprint density at radius 1 is 1.04 bits per heavy atom. The second-order valence-electron chi connectivity index (χ2n) is 5.53. The van der Waals surface area contributed by atoms with Gasteiger partial charge in [-0.3, -0.25) is 4.79 Å². The zero-order chi connectivity index (χ0) is 17.1. The van der Waals surface area contributed by atoms with Crippen LogP contribution >= 0.6 is 11.3 Å². The van der Waals surface area contributed by atoms with Gasteiger partial charge in [0.05, 0.1) is 15.9 Å². The van der Waals surface area contributed by atoms with Gasteiger partial charge in [-0.1, -0.05) is 36.4 Å². The highest BCUT2D eigenvalue weighted by Crippen LogP contribution is 2.23. The molecule has 0 saturated carbocycles. The number of nitrogens with one attached hydrogen (secondary N) is 1. The highest BCUT2D eigenvalue weighted by atomic mass is 32.1. The van der Waals surface area contributed by atoms with Crippen molar-refractivity contribution in [3.8, 4) is 10.6 Å². The van der Waals surface area contributed by atoms with Gasteiger partial charge in [-0.25, -0.2) is 9.97 Å². The van der Waals surface area contributed by atoms with Gasteiger partial charge in [0.25, 0.3) is 5.91 Å². The number of carbonyl (C=O) groups excluding carboxylic acids is 1. The SMILES string of the molecule is O=C(NCc1ccccc1)c1ccc2n[c]c(-c3cccs3)nc2c1. The molecule has 0 fully saturated rings. The molecule has 4 rings (SSSR count). The number of benzene rings is 2. The highest BCUT2D eigenvalue weighted by molar-refractivity contribution is 7.13. The summed E-state index contributed by atoms with van der Waals surface area (Å²) in [6.07, 6.45) is 2.96. The number of thiophene rings is 1. The number of hydrogen-bond acceptors (Lipinski definition) is 4. The van der Waals surface area contributed by atoms with Crippen LogP contribution in [0, 0.1) is 6.20 Å². The van der Waals surface area contributed by atoms with E-state index in [-0.39, 0.29) is 5.91 Å². The maximum absolute atomic E-state index is 12.4. The van der Waals surface area contributed by atoms with E-state index in [2.05, 4.69) is 21.5 Å². The largest absolute Gasteiger partial charge is 0.348 e. The number of carbonyl (C=O) groups is 1. The predicted octanol–water partition coefficient (Wildman–Crippen LogP) is 4.09. The van der Waals surface area contributed by atoms with Crippen molar-refractivity contribution in [3.63, 3.8) is 0 Å². The molecule has 0 aliphatic heterocycles. The van der Waals surface area contributed by atoms with Crippen molar-refractivity contribution < 1.29 is 4.79 Å². The summed E-state index contributed by atoms with van der Waals surface area (Å²) < 4.78 is 0. The molecular weight excluding hydrogens is 330 g/mol. The monoisotopic (exact) mass is 344 g/mol. The van der Waals surface area contributed by atoms with Crippen LogP contribution in [0.4, 0.5) is 0 Å². The van der Waals surface area contributed by atoms with E-state index < -0.39 is 0 Å². The Morgan fingerprint density at radius 2 is 1.92 bits per heavy atom. The lowest BCUT2D eigenvalue weighted by Gasteiger charge is -2.06. The van der Waals surface area contributed by atoms with Crippen molar-refractivity contribution in [1.82, 2.24) is 15.3 Å². The Hall–Kier alpha value is -3.05. The third-order valence-electron chi connectivity index (χ3n) is 3.80. The second-order valence-corrected chi connectivity index (χ2v) is 6.48. The Kier molecular flexibility index (Phi) is 4.23. The zero-order valence-electron chi connectivity index (χ0n) is 13.3. The molecule has 2 heterocycles. The van der Waals surface area contributed by atoms with Crippen LogP contribution in [0.15, 0.2) is 66.0 Å². The van der Waals surface area contributed by atoms with Gasteiger partial charge in [-0.2, -0.15) is 0 Å². The molecule has 2 aromatic carbocycles. The molecule has 121 valence electrons. The smallest absolute Gasteiger partial charge is 0.251 e. The van der Waals surface area contributed by atoms with Crippen molar-refractivity contribution in [1.29, 1.82) is 0 Å². The molecule has 4 nitrogen and oxygen atoms in total. The molecule has 1 amide bonds. The second kappa shape index (κ2) is 6.83. The molecule has 1 radical (unpaired) electrons. The van der Waals surface area contributed by atoms with Gasteiger partial charge in [0.15, 0.2) is 0 Å². The lowest BCUT2D eigenvalue weighted by atomic mass is 10.1. The van der Waals surface area contributed by atoms with Crippen LogP contribution in [0.2, 0.25) is 0 Å². The minimum absolute atomic E-state index is 0.127. The van der Waals surface area contributed by atoms with E-state index in [0.29, 0.717) is 23.3 Å². The summed E-state index contributed by atoms with van der Waals surface area (Å²) in [5.41, 5.74) is 3.74. The molecule has 0 aliphatic rings. The molecule has 4 aromatic rings. The maximum atomic E-state index is 12.4. The summed E-state index contributed by atoms with van der Waals surface area (Å²) in [5.74, 6) is -0.127. The summed E-state index contributed by atoms with van der Waals surface area (Å²) in [6.45, 7) is 0.492. The van der Waals surface area contributed by atoms with Crippen LogP contribution in [0.1, 0.15) is 15.9 Å². The van der Waals surface area contributed by atoms with Crippen LogP contribution in [0.3, 0.4) is 0 Å². The van der Waals surface area contributed by atoms with Gasteiger partial charge in [0.2, 0.25) is 0 Å². The first-order chi connectivity index (χ1) is 12.3. The summed E-state index contributed by atoms with van der Waals surface area (Å²) in [7, 11) is 0. The Labute approximate surface area is 149 Å². The van der Waals surface area contributed by atoms with Gasteiger partial charge in [0, 0.05) is 12.1 Å². The van der Waals surface area contributed by atoms with E-state index in [0.717, 1.165) is 16.0 Å². The van der Waals surface area contributed by atoms with Gasteiger partial charge in [-0.15, -0.1) is 11.3 Å². The van der Waals surface area contributed by atoms with E-state index in [1.54, 1.807) is 29.5 Å². The number of fused-ring (bicyclic) bond motifs is 1. The van der Waals surface area contributed by atoms with Crippen molar-refractivity contribution in [2.24, 2.45) is 0 Å². The summed E-state index contributed by atoms with van der Waals surface area (Å²) in [4.78, 5) is 22.3. The molecule has 0 atom stereocenters. The summed E-state index contributed by atoms with van der Waals surface area (Å²) in [5, 5.41) is 4.92. The van der Waals surface area contributed by atoms with Gasteiger partial charge >= 0.3 is 0 Å². The van der Waals surface area contributed by atoms with Gasteiger partial charge in [-0.05, 0) is 35.2 Å².